The summed E-state index contributed by atoms with van der Waals surface area (Å²) in [4.78, 5) is 11.6. The summed E-state index contributed by atoms with van der Waals surface area (Å²) in [6.07, 6.45) is 1.93. The van der Waals surface area contributed by atoms with E-state index in [2.05, 4.69) is 5.32 Å². The zero-order chi connectivity index (χ0) is 15.9. The Morgan fingerprint density at radius 1 is 1.38 bits per heavy atom. The zero-order valence-corrected chi connectivity index (χ0v) is 13.0. The second kappa shape index (κ2) is 7.64. The lowest BCUT2D eigenvalue weighted by molar-refractivity contribution is -0.120. The normalized spacial score (nSPS) is 10.7. The van der Waals surface area contributed by atoms with Crippen LogP contribution in [0.5, 0.6) is 0 Å². The van der Waals surface area contributed by atoms with Gasteiger partial charge in [-0.25, -0.2) is 8.42 Å². The average molecular weight is 309 g/mol. The van der Waals surface area contributed by atoms with Crippen molar-refractivity contribution in [2.45, 2.75) is 19.8 Å². The molecule has 7 heteroatoms. The second-order valence-corrected chi connectivity index (χ2v) is 6.47. The Hall–Kier alpha value is -2.07. The number of hydrogen-bond acceptors (Lipinski definition) is 4. The molecule has 0 radical (unpaired) electrons. The summed E-state index contributed by atoms with van der Waals surface area (Å²) in [5.74, 6) is -0.208. The van der Waals surface area contributed by atoms with Gasteiger partial charge in [-0.2, -0.15) is 5.26 Å². The Bertz CT molecular complexity index is 635. The topological polar surface area (TPSA) is 90.3 Å². The van der Waals surface area contributed by atoms with Crippen LogP contribution in [0, 0.1) is 11.3 Å². The summed E-state index contributed by atoms with van der Waals surface area (Å²) in [6.45, 7) is 2.51. The van der Waals surface area contributed by atoms with Crippen LogP contribution in [-0.4, -0.2) is 33.7 Å². The Morgan fingerprint density at radius 2 is 2.05 bits per heavy atom. The molecule has 1 rings (SSSR count). The van der Waals surface area contributed by atoms with Crippen molar-refractivity contribution in [2.24, 2.45) is 0 Å². The van der Waals surface area contributed by atoms with Gasteiger partial charge >= 0.3 is 0 Å². The predicted octanol–water partition coefficient (Wildman–Crippen LogP) is 1.24. The molecule has 6 nitrogen and oxygen atoms in total. The molecular weight excluding hydrogens is 290 g/mol. The van der Waals surface area contributed by atoms with Crippen LogP contribution in [0.4, 0.5) is 5.69 Å². The third-order valence-corrected chi connectivity index (χ3v) is 3.99. The minimum atomic E-state index is -3.56. The molecule has 0 heterocycles. The number of carbonyl (C=O) groups is 1. The monoisotopic (exact) mass is 309 g/mol. The van der Waals surface area contributed by atoms with Crippen molar-refractivity contribution in [1.82, 2.24) is 5.32 Å². The molecule has 0 aromatic heterocycles. The van der Waals surface area contributed by atoms with Crippen molar-refractivity contribution in [3.05, 3.63) is 29.8 Å². The number of nitrogens with zero attached hydrogens (tertiary/aromatic N) is 2. The third-order valence-electron chi connectivity index (χ3n) is 2.81. The molecule has 0 bridgehead atoms. The molecule has 0 fully saturated rings. The molecule has 0 aliphatic carbocycles. The van der Waals surface area contributed by atoms with Gasteiger partial charge in [-0.3, -0.25) is 9.10 Å². The summed E-state index contributed by atoms with van der Waals surface area (Å²) in [5.41, 5.74) is 0.558. The summed E-state index contributed by atoms with van der Waals surface area (Å²) >= 11 is 0. The molecule has 1 aromatic carbocycles. The molecule has 0 unspecified atom stereocenters. The van der Waals surface area contributed by atoms with Crippen LogP contribution in [0.3, 0.4) is 0 Å². The van der Waals surface area contributed by atoms with Gasteiger partial charge in [-0.15, -0.1) is 0 Å². The highest BCUT2D eigenvalue weighted by Gasteiger charge is 2.20. The van der Waals surface area contributed by atoms with E-state index in [1.165, 1.54) is 0 Å². The van der Waals surface area contributed by atoms with E-state index in [1.807, 2.05) is 13.0 Å². The molecular formula is C14H19N3O3S. The highest BCUT2D eigenvalue weighted by molar-refractivity contribution is 7.92. The number of rotatable bonds is 7. The molecule has 21 heavy (non-hydrogen) atoms. The van der Waals surface area contributed by atoms with E-state index in [0.717, 1.165) is 17.0 Å². The number of benzene rings is 1. The average Bonchev–Trinajstić information content (AvgIpc) is 2.44. The van der Waals surface area contributed by atoms with Crippen LogP contribution in [0.1, 0.15) is 25.3 Å². The summed E-state index contributed by atoms with van der Waals surface area (Å²) in [5, 5.41) is 11.8. The molecule has 114 valence electrons. The summed E-state index contributed by atoms with van der Waals surface area (Å²) < 4.78 is 24.9. The minimum Gasteiger partial charge on any atom is -0.356 e. The fourth-order valence-electron chi connectivity index (χ4n) is 1.81. The molecule has 0 aliphatic rings. The van der Waals surface area contributed by atoms with Crippen molar-refractivity contribution in [1.29, 1.82) is 5.26 Å². The number of hydrogen-bond donors (Lipinski definition) is 1. The van der Waals surface area contributed by atoms with Gasteiger partial charge in [-0.05, 0) is 18.6 Å². The van der Waals surface area contributed by atoms with E-state index < -0.39 is 10.0 Å². The second-order valence-electron chi connectivity index (χ2n) is 4.56. The Morgan fingerprint density at radius 3 is 2.62 bits per heavy atom. The quantitative estimate of drug-likeness (QED) is 0.820. The first-order chi connectivity index (χ1) is 9.90. The first-order valence-electron chi connectivity index (χ1n) is 6.63. The number of anilines is 1. The van der Waals surface area contributed by atoms with Gasteiger partial charge in [0.2, 0.25) is 15.9 Å². The minimum absolute atomic E-state index is 0.00702. The van der Waals surface area contributed by atoms with Crippen LogP contribution < -0.4 is 9.62 Å². The number of para-hydroxylation sites is 1. The molecule has 0 spiro atoms. The van der Waals surface area contributed by atoms with Crippen molar-refractivity contribution in [2.75, 3.05) is 23.7 Å². The molecule has 1 aromatic rings. The van der Waals surface area contributed by atoms with E-state index in [0.29, 0.717) is 12.2 Å². The summed E-state index contributed by atoms with van der Waals surface area (Å²) in [6, 6.07) is 8.39. The number of amides is 1. The molecule has 1 amide bonds. The number of carbonyl (C=O) groups excluding carboxylic acids is 1. The maximum absolute atomic E-state index is 11.9. The molecule has 0 aliphatic heterocycles. The fraction of sp³-hybridized carbons (Fsp3) is 0.429. The third kappa shape index (κ3) is 5.08. The predicted molar refractivity (Wildman–Crippen MR) is 81.3 cm³/mol. The van der Waals surface area contributed by atoms with Crippen LogP contribution in [0.2, 0.25) is 0 Å². The number of nitrogens with one attached hydrogen (secondary N) is 1. The lowest BCUT2D eigenvalue weighted by atomic mass is 10.2. The fourth-order valence-corrected chi connectivity index (χ4v) is 2.75. The van der Waals surface area contributed by atoms with Crippen molar-refractivity contribution in [3.63, 3.8) is 0 Å². The van der Waals surface area contributed by atoms with Crippen LogP contribution in [-0.2, 0) is 14.8 Å². The lowest BCUT2D eigenvalue weighted by Crippen LogP contribution is -2.35. The maximum Gasteiger partial charge on any atom is 0.232 e. The van der Waals surface area contributed by atoms with Crippen LogP contribution in [0.25, 0.3) is 0 Å². The van der Waals surface area contributed by atoms with Gasteiger partial charge in [0.1, 0.15) is 6.07 Å². The first-order valence-corrected chi connectivity index (χ1v) is 8.48. The van der Waals surface area contributed by atoms with E-state index in [9.17, 15) is 13.2 Å². The Labute approximate surface area is 125 Å². The van der Waals surface area contributed by atoms with Crippen molar-refractivity contribution in [3.8, 4) is 6.07 Å². The highest BCUT2D eigenvalue weighted by Crippen LogP contribution is 2.22. The van der Waals surface area contributed by atoms with Gasteiger partial charge in [-0.1, -0.05) is 19.1 Å². The molecule has 0 atom stereocenters. The van der Waals surface area contributed by atoms with Gasteiger partial charge in [0.05, 0.1) is 17.5 Å². The summed E-state index contributed by atoms with van der Waals surface area (Å²) in [7, 11) is -3.56. The van der Waals surface area contributed by atoms with Crippen molar-refractivity contribution < 1.29 is 13.2 Å². The van der Waals surface area contributed by atoms with E-state index in [4.69, 9.17) is 5.26 Å². The molecule has 1 N–H and O–H groups in total. The Kier molecular flexibility index (Phi) is 6.18. The molecule has 0 saturated heterocycles. The lowest BCUT2D eigenvalue weighted by Gasteiger charge is -2.23. The maximum atomic E-state index is 11.9. The Balaban J connectivity index is 2.94. The number of nitriles is 1. The van der Waals surface area contributed by atoms with Crippen LogP contribution >= 0.6 is 0 Å². The van der Waals surface area contributed by atoms with E-state index in [-0.39, 0.29) is 24.4 Å². The number of sulfonamides is 1. The van der Waals surface area contributed by atoms with Crippen LogP contribution in [0.15, 0.2) is 24.3 Å². The largest absolute Gasteiger partial charge is 0.356 e. The van der Waals surface area contributed by atoms with Crippen molar-refractivity contribution >= 4 is 21.6 Å². The molecule has 0 saturated carbocycles. The standard InChI is InChI=1S/C14H19N3O3S/c1-3-9-16-14(18)8-10-17(21(2,19)20)13-7-5-4-6-12(13)11-15/h4-7H,3,8-10H2,1-2H3,(H,16,18). The SMILES string of the molecule is CCCNC(=O)CCN(c1ccccc1C#N)S(C)(=O)=O. The zero-order valence-electron chi connectivity index (χ0n) is 12.2. The van der Waals surface area contributed by atoms with Gasteiger partial charge in [0.25, 0.3) is 0 Å². The van der Waals surface area contributed by atoms with Gasteiger partial charge < -0.3 is 5.32 Å². The van der Waals surface area contributed by atoms with E-state index in [1.54, 1.807) is 24.3 Å². The highest BCUT2D eigenvalue weighted by atomic mass is 32.2. The van der Waals surface area contributed by atoms with Gasteiger partial charge in [0.15, 0.2) is 0 Å². The van der Waals surface area contributed by atoms with Gasteiger partial charge in [0, 0.05) is 19.5 Å². The first kappa shape index (κ1) is 17.0. The smallest absolute Gasteiger partial charge is 0.232 e. The van der Waals surface area contributed by atoms with E-state index >= 15 is 0 Å².